The molecule has 1 aromatic carbocycles. The van der Waals surface area contributed by atoms with E-state index in [1.165, 1.54) is 27.7 Å². The highest BCUT2D eigenvalue weighted by Gasteiger charge is 2.37. The minimum atomic E-state index is 0.0737. The fraction of sp³-hybridized carbons (Fsp3) is 0.550. The van der Waals surface area contributed by atoms with Crippen LogP contribution in [0.4, 0.5) is 0 Å². The summed E-state index contributed by atoms with van der Waals surface area (Å²) in [6.45, 7) is 11.2. The molecule has 4 rings (SSSR count). The van der Waals surface area contributed by atoms with Crippen LogP contribution < -0.4 is 0 Å². The fourth-order valence-corrected chi connectivity index (χ4v) is 4.55. The molecule has 1 aromatic heterocycles. The van der Waals surface area contributed by atoms with Crippen LogP contribution in [0.15, 0.2) is 12.1 Å². The van der Waals surface area contributed by atoms with Crippen LogP contribution in [0.2, 0.25) is 0 Å². The van der Waals surface area contributed by atoms with Crippen molar-refractivity contribution in [2.75, 3.05) is 0 Å². The molecule has 0 amide bonds. The van der Waals surface area contributed by atoms with Crippen LogP contribution in [0, 0.1) is 24.7 Å². The van der Waals surface area contributed by atoms with Crippen molar-refractivity contribution in [3.63, 3.8) is 0 Å². The van der Waals surface area contributed by atoms with Gasteiger partial charge < -0.3 is 4.57 Å². The molecule has 22 heavy (non-hydrogen) atoms. The zero-order chi connectivity index (χ0) is 15.8. The number of hydrogen-bond acceptors (Lipinski definition) is 1. The number of aryl methyl sites for hydroxylation is 1. The molecule has 116 valence electrons. The van der Waals surface area contributed by atoms with E-state index >= 15 is 0 Å². The maximum Gasteiger partial charge on any atom is 0.169 e. The Kier molecular flexibility index (Phi) is 2.85. The summed E-state index contributed by atoms with van der Waals surface area (Å²) in [5, 5.41) is 1.37. The molecule has 2 heterocycles. The molecular weight excluding hydrogens is 270 g/mol. The van der Waals surface area contributed by atoms with E-state index in [4.69, 9.17) is 0 Å². The molecule has 0 saturated heterocycles. The van der Waals surface area contributed by atoms with Gasteiger partial charge in [0.05, 0.1) is 5.52 Å². The summed E-state index contributed by atoms with van der Waals surface area (Å²) in [7, 11) is 0. The van der Waals surface area contributed by atoms with Crippen molar-refractivity contribution in [1.82, 2.24) is 4.57 Å². The van der Waals surface area contributed by atoms with Crippen molar-refractivity contribution in [2.24, 2.45) is 17.8 Å². The highest BCUT2D eigenvalue weighted by Crippen LogP contribution is 2.45. The first-order valence-corrected chi connectivity index (χ1v) is 8.61. The third-order valence-corrected chi connectivity index (χ3v) is 6.39. The molecule has 2 aliphatic rings. The van der Waals surface area contributed by atoms with E-state index in [2.05, 4.69) is 51.3 Å². The van der Waals surface area contributed by atoms with Gasteiger partial charge in [-0.2, -0.15) is 0 Å². The number of hydrogen-bond donors (Lipinski definition) is 0. The van der Waals surface area contributed by atoms with Crippen molar-refractivity contribution in [2.45, 2.75) is 53.5 Å². The van der Waals surface area contributed by atoms with Crippen molar-refractivity contribution < 1.29 is 4.79 Å². The predicted octanol–water partition coefficient (Wildman–Crippen LogP) is 4.71. The van der Waals surface area contributed by atoms with Crippen LogP contribution in [0.5, 0.6) is 0 Å². The average Bonchev–Trinajstić information content (AvgIpc) is 2.80. The van der Waals surface area contributed by atoms with Crippen molar-refractivity contribution >= 4 is 16.7 Å². The second kappa shape index (κ2) is 4.47. The summed E-state index contributed by atoms with van der Waals surface area (Å²) < 4.78 is 2.52. The second-order valence-corrected chi connectivity index (χ2v) is 7.71. The molecule has 0 N–H and O–H groups in total. The van der Waals surface area contributed by atoms with Crippen LogP contribution in [-0.2, 0) is 12.8 Å². The van der Waals surface area contributed by atoms with Gasteiger partial charge in [0, 0.05) is 28.6 Å². The van der Waals surface area contributed by atoms with Gasteiger partial charge in [0.1, 0.15) is 0 Å². The zero-order valence-electron chi connectivity index (χ0n) is 14.2. The minimum absolute atomic E-state index is 0.0737. The summed E-state index contributed by atoms with van der Waals surface area (Å²) in [6.07, 6.45) is 2.30. The largest absolute Gasteiger partial charge is 0.340 e. The molecule has 2 aromatic rings. The third-order valence-electron chi connectivity index (χ3n) is 6.39. The molecule has 0 fully saturated rings. The SMILES string of the molecule is Cc1ccc2c3c1c1c(n3C(C)C(C)C2=O)CC(C)C(C)C1. The Morgan fingerprint density at radius 3 is 2.45 bits per heavy atom. The molecular formula is C20H25NO. The molecule has 1 aliphatic heterocycles. The molecule has 4 atom stereocenters. The van der Waals surface area contributed by atoms with Crippen molar-refractivity contribution in [3.05, 3.63) is 34.5 Å². The van der Waals surface area contributed by atoms with Gasteiger partial charge in [0.2, 0.25) is 0 Å². The normalized spacial score (nSPS) is 30.7. The molecule has 0 bridgehead atoms. The first-order chi connectivity index (χ1) is 10.4. The molecule has 4 unspecified atom stereocenters. The zero-order valence-corrected chi connectivity index (χ0v) is 14.2. The first kappa shape index (κ1) is 14.0. The Labute approximate surface area is 132 Å². The highest BCUT2D eigenvalue weighted by molar-refractivity contribution is 6.11. The lowest BCUT2D eigenvalue weighted by atomic mass is 9.79. The lowest BCUT2D eigenvalue weighted by Gasteiger charge is -2.32. The van der Waals surface area contributed by atoms with Gasteiger partial charge in [0.15, 0.2) is 5.78 Å². The van der Waals surface area contributed by atoms with Crippen molar-refractivity contribution in [3.8, 4) is 0 Å². The molecule has 1 aliphatic carbocycles. The lowest BCUT2D eigenvalue weighted by molar-refractivity contribution is 0.0887. The Morgan fingerprint density at radius 2 is 1.73 bits per heavy atom. The van der Waals surface area contributed by atoms with E-state index in [0.29, 0.717) is 5.78 Å². The van der Waals surface area contributed by atoms with Gasteiger partial charge in [-0.3, -0.25) is 4.79 Å². The molecule has 2 heteroatoms. The quantitative estimate of drug-likeness (QED) is 0.689. The lowest BCUT2D eigenvalue weighted by Crippen LogP contribution is -2.30. The van der Waals surface area contributed by atoms with E-state index in [1.807, 2.05) is 0 Å². The number of fused-ring (bicyclic) bond motifs is 3. The highest BCUT2D eigenvalue weighted by atomic mass is 16.1. The monoisotopic (exact) mass is 295 g/mol. The fourth-order valence-electron chi connectivity index (χ4n) is 4.55. The summed E-state index contributed by atoms with van der Waals surface area (Å²) in [4.78, 5) is 12.8. The summed E-state index contributed by atoms with van der Waals surface area (Å²) >= 11 is 0. The van der Waals surface area contributed by atoms with Crippen LogP contribution in [0.1, 0.15) is 60.9 Å². The van der Waals surface area contributed by atoms with E-state index in [0.717, 1.165) is 30.2 Å². The van der Waals surface area contributed by atoms with Crippen LogP contribution >= 0.6 is 0 Å². The molecule has 0 saturated carbocycles. The number of carbonyl (C=O) groups excluding carboxylic acids is 1. The van der Waals surface area contributed by atoms with Crippen LogP contribution in [-0.4, -0.2) is 10.4 Å². The number of carbonyl (C=O) groups is 1. The van der Waals surface area contributed by atoms with Gasteiger partial charge in [-0.05, 0) is 55.7 Å². The maximum atomic E-state index is 12.8. The topological polar surface area (TPSA) is 22.0 Å². The minimum Gasteiger partial charge on any atom is -0.340 e. The average molecular weight is 295 g/mol. The standard InChI is InChI=1S/C20H25NO/c1-10-6-7-15-19-18(10)16-8-11(2)12(3)9-17(16)21(19)14(5)13(4)20(15)22/h6-7,11-14H,8-9H2,1-5H3. The number of aromatic nitrogens is 1. The van der Waals surface area contributed by atoms with E-state index in [-0.39, 0.29) is 12.0 Å². The smallest absolute Gasteiger partial charge is 0.169 e. The van der Waals surface area contributed by atoms with E-state index < -0.39 is 0 Å². The van der Waals surface area contributed by atoms with Crippen LogP contribution in [0.3, 0.4) is 0 Å². The van der Waals surface area contributed by atoms with Gasteiger partial charge >= 0.3 is 0 Å². The van der Waals surface area contributed by atoms with E-state index in [9.17, 15) is 4.79 Å². The molecule has 2 nitrogen and oxygen atoms in total. The molecule has 0 radical (unpaired) electrons. The van der Waals surface area contributed by atoms with Gasteiger partial charge in [-0.1, -0.05) is 26.8 Å². The number of nitrogens with zero attached hydrogens (tertiary/aromatic N) is 1. The molecule has 0 spiro atoms. The van der Waals surface area contributed by atoms with Crippen molar-refractivity contribution in [1.29, 1.82) is 0 Å². The predicted molar refractivity (Wildman–Crippen MR) is 90.6 cm³/mol. The maximum absolute atomic E-state index is 12.8. The van der Waals surface area contributed by atoms with Gasteiger partial charge in [0.25, 0.3) is 0 Å². The third kappa shape index (κ3) is 1.59. The van der Waals surface area contributed by atoms with Gasteiger partial charge in [-0.15, -0.1) is 0 Å². The summed E-state index contributed by atoms with van der Waals surface area (Å²) in [5.41, 5.74) is 6.52. The number of ketones is 1. The number of Topliss-reactive ketones (excluding diaryl/α,β-unsaturated/α-hetero) is 1. The Morgan fingerprint density at radius 1 is 1.05 bits per heavy atom. The Balaban J connectivity index is 2.14. The van der Waals surface area contributed by atoms with Crippen LogP contribution in [0.25, 0.3) is 10.9 Å². The second-order valence-electron chi connectivity index (χ2n) is 7.71. The number of rotatable bonds is 0. The Bertz CT molecular complexity index is 798. The number of benzene rings is 1. The summed E-state index contributed by atoms with van der Waals surface area (Å²) in [5.74, 6) is 1.83. The van der Waals surface area contributed by atoms with E-state index in [1.54, 1.807) is 0 Å². The summed E-state index contributed by atoms with van der Waals surface area (Å²) in [6, 6.07) is 4.47. The van der Waals surface area contributed by atoms with Gasteiger partial charge in [-0.25, -0.2) is 0 Å². The first-order valence-electron chi connectivity index (χ1n) is 8.61. The Hall–Kier alpha value is -1.57.